The van der Waals surface area contributed by atoms with Crippen molar-refractivity contribution in [3.05, 3.63) is 42.0 Å². The molecule has 174 valence electrons. The Kier molecular flexibility index (Phi) is 6.47. The largest absolute Gasteiger partial charge is 0.354 e. The van der Waals surface area contributed by atoms with Crippen molar-refractivity contribution < 1.29 is 9.59 Å². The van der Waals surface area contributed by atoms with E-state index in [4.69, 9.17) is 9.97 Å². The van der Waals surface area contributed by atoms with Gasteiger partial charge in [-0.15, -0.1) is 0 Å². The van der Waals surface area contributed by atoms with Crippen LogP contribution in [0.4, 0.5) is 17.6 Å². The lowest BCUT2D eigenvalue weighted by atomic mass is 10.2. The molecule has 3 aliphatic heterocycles. The van der Waals surface area contributed by atoms with Crippen LogP contribution in [0.3, 0.4) is 0 Å². The van der Waals surface area contributed by atoms with Gasteiger partial charge in [-0.2, -0.15) is 9.97 Å². The van der Waals surface area contributed by atoms with Gasteiger partial charge in [0.25, 0.3) is 0 Å². The molecule has 3 aliphatic rings. The van der Waals surface area contributed by atoms with Gasteiger partial charge in [0.2, 0.25) is 17.8 Å². The zero-order chi connectivity index (χ0) is 22.6. The number of hydrogen-bond donors (Lipinski definition) is 2. The number of benzene rings is 1. The third-order valence-electron chi connectivity index (χ3n) is 6.22. The number of piperazine rings is 3. The van der Waals surface area contributed by atoms with Crippen molar-refractivity contribution in [3.63, 3.8) is 0 Å². The summed E-state index contributed by atoms with van der Waals surface area (Å²) in [5.74, 6) is 1.22. The third kappa shape index (κ3) is 4.97. The van der Waals surface area contributed by atoms with E-state index in [9.17, 15) is 9.59 Å². The van der Waals surface area contributed by atoms with Gasteiger partial charge in [-0.3, -0.25) is 14.5 Å². The molecule has 10 nitrogen and oxygen atoms in total. The van der Waals surface area contributed by atoms with Crippen LogP contribution in [-0.4, -0.2) is 92.1 Å². The van der Waals surface area contributed by atoms with Gasteiger partial charge in [-0.05, 0) is 5.56 Å². The molecule has 10 heteroatoms. The molecule has 2 aromatic rings. The summed E-state index contributed by atoms with van der Waals surface area (Å²) >= 11 is 0. The minimum atomic E-state index is -0.251. The first-order valence-electron chi connectivity index (χ1n) is 11.6. The van der Waals surface area contributed by atoms with Crippen LogP contribution in [-0.2, 0) is 16.1 Å². The number of nitrogens with zero attached hydrogens (tertiary/aromatic N) is 6. The maximum absolute atomic E-state index is 13.1. The molecule has 1 aromatic heterocycles. The molecule has 3 fully saturated rings. The monoisotopic (exact) mass is 450 g/mol. The van der Waals surface area contributed by atoms with Gasteiger partial charge < -0.3 is 20.4 Å². The minimum Gasteiger partial charge on any atom is -0.354 e. The number of imide groups is 1. The summed E-state index contributed by atoms with van der Waals surface area (Å²) in [5.41, 5.74) is 1.08. The van der Waals surface area contributed by atoms with Gasteiger partial charge in [0, 0.05) is 65.0 Å². The predicted molar refractivity (Wildman–Crippen MR) is 126 cm³/mol. The molecule has 0 saturated carbocycles. The summed E-state index contributed by atoms with van der Waals surface area (Å²) in [6.45, 7) is 7.60. The molecule has 33 heavy (non-hydrogen) atoms. The Morgan fingerprint density at radius 3 is 1.97 bits per heavy atom. The van der Waals surface area contributed by atoms with Gasteiger partial charge in [-0.25, -0.2) is 4.90 Å². The Balaban J connectivity index is 1.41. The van der Waals surface area contributed by atoms with E-state index in [0.29, 0.717) is 18.3 Å². The molecule has 0 aliphatic carbocycles. The van der Waals surface area contributed by atoms with E-state index in [0.717, 1.165) is 63.7 Å². The lowest BCUT2D eigenvalue weighted by Crippen LogP contribution is -2.54. The summed E-state index contributed by atoms with van der Waals surface area (Å²) in [5, 5.41) is 6.69. The van der Waals surface area contributed by atoms with E-state index < -0.39 is 0 Å². The quantitative estimate of drug-likeness (QED) is 0.594. The maximum Gasteiger partial charge on any atom is 0.249 e. The first-order valence-corrected chi connectivity index (χ1v) is 11.6. The second kappa shape index (κ2) is 9.82. The minimum absolute atomic E-state index is 0.177. The Morgan fingerprint density at radius 2 is 1.33 bits per heavy atom. The number of rotatable bonds is 5. The standard InChI is InChI=1S/C23H30N8O2/c32-21-16-28(15-18-4-2-1-3-5-18)17-22(33)31(21)20-14-19(29-10-6-24-7-11-29)26-23(27-20)30-12-8-25-9-13-30/h1-5,14,24-25H,6-13,15-17H2. The fourth-order valence-corrected chi connectivity index (χ4v) is 4.51. The average molecular weight is 451 g/mol. The molecular weight excluding hydrogens is 420 g/mol. The number of hydrogen-bond acceptors (Lipinski definition) is 9. The topological polar surface area (TPSA) is 96.9 Å². The van der Waals surface area contributed by atoms with Crippen molar-refractivity contribution in [3.8, 4) is 0 Å². The number of anilines is 3. The van der Waals surface area contributed by atoms with E-state index in [2.05, 4.69) is 20.4 Å². The lowest BCUT2D eigenvalue weighted by molar-refractivity contribution is -0.132. The normalized spacial score (nSPS) is 20.4. The van der Waals surface area contributed by atoms with E-state index in [1.165, 1.54) is 4.90 Å². The van der Waals surface area contributed by atoms with Gasteiger partial charge in [0.05, 0.1) is 13.1 Å². The molecule has 1 aromatic carbocycles. The molecule has 2 N–H and O–H groups in total. The Morgan fingerprint density at radius 1 is 0.758 bits per heavy atom. The fourth-order valence-electron chi connectivity index (χ4n) is 4.51. The molecule has 3 saturated heterocycles. The number of nitrogens with one attached hydrogen (secondary N) is 2. The van der Waals surface area contributed by atoms with E-state index in [-0.39, 0.29) is 24.9 Å². The Hall–Kier alpha value is -3.08. The van der Waals surface area contributed by atoms with Crippen molar-refractivity contribution in [2.75, 3.05) is 80.1 Å². The smallest absolute Gasteiger partial charge is 0.249 e. The van der Waals surface area contributed by atoms with Crippen LogP contribution in [0.2, 0.25) is 0 Å². The lowest BCUT2D eigenvalue weighted by Gasteiger charge is -2.34. The van der Waals surface area contributed by atoms with E-state index >= 15 is 0 Å². The first-order chi connectivity index (χ1) is 16.2. The van der Waals surface area contributed by atoms with Crippen LogP contribution in [0, 0.1) is 0 Å². The summed E-state index contributed by atoms with van der Waals surface area (Å²) in [4.78, 5) is 43.2. The van der Waals surface area contributed by atoms with Crippen LogP contribution in [0.5, 0.6) is 0 Å². The SMILES string of the molecule is O=C1CN(Cc2ccccc2)CC(=O)N1c1cc(N2CCNCC2)nc(N2CCNCC2)n1. The van der Waals surface area contributed by atoms with Gasteiger partial charge in [0.1, 0.15) is 11.6 Å². The molecule has 0 radical (unpaired) electrons. The molecule has 0 bridgehead atoms. The van der Waals surface area contributed by atoms with Crippen LogP contribution in [0.15, 0.2) is 36.4 Å². The highest BCUT2D eigenvalue weighted by molar-refractivity contribution is 6.17. The molecule has 0 unspecified atom stereocenters. The first kappa shape index (κ1) is 21.7. The van der Waals surface area contributed by atoms with Crippen molar-refractivity contribution in [1.82, 2.24) is 25.5 Å². The number of carbonyl (C=O) groups is 2. The van der Waals surface area contributed by atoms with Crippen molar-refractivity contribution in [1.29, 1.82) is 0 Å². The van der Waals surface area contributed by atoms with Crippen molar-refractivity contribution in [2.45, 2.75) is 6.54 Å². The molecule has 5 rings (SSSR count). The fraction of sp³-hybridized carbons (Fsp3) is 0.478. The highest BCUT2D eigenvalue weighted by Crippen LogP contribution is 2.26. The highest BCUT2D eigenvalue weighted by atomic mass is 16.2. The second-order valence-electron chi connectivity index (χ2n) is 8.61. The van der Waals surface area contributed by atoms with Crippen molar-refractivity contribution in [2.24, 2.45) is 0 Å². The van der Waals surface area contributed by atoms with Crippen LogP contribution in [0.1, 0.15) is 5.56 Å². The van der Waals surface area contributed by atoms with E-state index in [1.807, 2.05) is 35.2 Å². The number of carbonyl (C=O) groups excluding carboxylic acids is 2. The van der Waals surface area contributed by atoms with Crippen LogP contribution >= 0.6 is 0 Å². The molecule has 2 amide bonds. The summed E-state index contributed by atoms with van der Waals surface area (Å²) in [7, 11) is 0. The summed E-state index contributed by atoms with van der Waals surface area (Å²) < 4.78 is 0. The maximum atomic E-state index is 13.1. The third-order valence-corrected chi connectivity index (χ3v) is 6.22. The zero-order valence-corrected chi connectivity index (χ0v) is 18.7. The summed E-state index contributed by atoms with van der Waals surface area (Å²) in [6, 6.07) is 11.7. The van der Waals surface area contributed by atoms with Gasteiger partial charge in [0.15, 0.2) is 0 Å². The predicted octanol–water partition coefficient (Wildman–Crippen LogP) is -0.329. The average Bonchev–Trinajstić information content (AvgIpc) is 2.85. The Bertz CT molecular complexity index is 935. The summed E-state index contributed by atoms with van der Waals surface area (Å²) in [6.07, 6.45) is 0. The molecular formula is C23H30N8O2. The van der Waals surface area contributed by atoms with Gasteiger partial charge in [-0.1, -0.05) is 30.3 Å². The molecule has 0 spiro atoms. The van der Waals surface area contributed by atoms with Crippen molar-refractivity contribution >= 4 is 29.4 Å². The molecule has 4 heterocycles. The van der Waals surface area contributed by atoms with Gasteiger partial charge >= 0.3 is 0 Å². The van der Waals surface area contributed by atoms with Crippen LogP contribution in [0.25, 0.3) is 0 Å². The van der Waals surface area contributed by atoms with Crippen LogP contribution < -0.4 is 25.3 Å². The number of aromatic nitrogens is 2. The molecule has 0 atom stereocenters. The highest BCUT2D eigenvalue weighted by Gasteiger charge is 2.34. The number of amides is 2. The Labute approximate surface area is 193 Å². The second-order valence-corrected chi connectivity index (χ2v) is 8.61. The van der Waals surface area contributed by atoms with E-state index in [1.54, 1.807) is 6.07 Å². The zero-order valence-electron chi connectivity index (χ0n) is 18.7.